The van der Waals surface area contributed by atoms with Gasteiger partial charge in [-0.3, -0.25) is 19.2 Å². The molecule has 0 bridgehead atoms. The fourth-order valence-corrected chi connectivity index (χ4v) is 4.21. The summed E-state index contributed by atoms with van der Waals surface area (Å²) in [5, 5.41) is 27.7. The standard InChI is InChI=1S/C28H36N6O10/c1-4-43-27(42)33-14-12-32(13-15-33)25(39)19(10-11-23(36)37)29-24(38)20-16-22(34(31-20)18-8-6-5-7-9-18)44-17-21(35)30-28(2,3)26(40)41/h5-9,16,19H,4,10-15,17H2,1-3H3,(H,29,38)(H,30,35)(H,36,37)(H,40,41). The Hall–Kier alpha value is -5.15. The molecule has 1 atom stereocenters. The second-order valence-corrected chi connectivity index (χ2v) is 10.4. The van der Waals surface area contributed by atoms with Crippen molar-refractivity contribution in [1.29, 1.82) is 0 Å². The number of aliphatic carboxylic acids is 2. The first-order valence-electron chi connectivity index (χ1n) is 13.9. The van der Waals surface area contributed by atoms with E-state index in [1.165, 1.54) is 34.4 Å². The van der Waals surface area contributed by atoms with E-state index in [2.05, 4.69) is 15.7 Å². The van der Waals surface area contributed by atoms with Crippen LogP contribution in [0.2, 0.25) is 0 Å². The van der Waals surface area contributed by atoms with Crippen molar-refractivity contribution in [2.45, 2.75) is 45.2 Å². The lowest BCUT2D eigenvalue weighted by Gasteiger charge is -2.35. The highest BCUT2D eigenvalue weighted by molar-refractivity contribution is 5.96. The molecule has 1 unspecified atom stereocenters. The molecule has 1 aromatic heterocycles. The SMILES string of the molecule is CCOC(=O)N1CCN(C(=O)C(CCC(=O)O)NC(=O)c2cc(OCC(=O)NC(C)(C)C(=O)O)n(-c3ccccc3)n2)CC1. The fraction of sp³-hybridized carbons (Fsp3) is 0.464. The Morgan fingerprint density at radius 3 is 2.23 bits per heavy atom. The summed E-state index contributed by atoms with van der Waals surface area (Å²) in [6.45, 7) is 4.69. The number of nitrogens with zero attached hydrogens (tertiary/aromatic N) is 4. The molecule has 1 aromatic carbocycles. The van der Waals surface area contributed by atoms with Crippen molar-refractivity contribution in [3.63, 3.8) is 0 Å². The molecule has 1 aliphatic heterocycles. The van der Waals surface area contributed by atoms with Crippen LogP contribution in [0.3, 0.4) is 0 Å². The van der Waals surface area contributed by atoms with Crippen LogP contribution in [-0.4, -0.2) is 117 Å². The van der Waals surface area contributed by atoms with E-state index < -0.39 is 60.4 Å². The van der Waals surface area contributed by atoms with Crippen molar-refractivity contribution in [2.24, 2.45) is 0 Å². The van der Waals surface area contributed by atoms with Gasteiger partial charge in [0.2, 0.25) is 11.8 Å². The quantitative estimate of drug-likeness (QED) is 0.243. The minimum Gasteiger partial charge on any atom is -0.481 e. The normalized spacial score (nSPS) is 13.9. The molecule has 2 heterocycles. The summed E-state index contributed by atoms with van der Waals surface area (Å²) in [6, 6.07) is 8.57. The van der Waals surface area contributed by atoms with Gasteiger partial charge in [0.05, 0.1) is 12.3 Å². The highest BCUT2D eigenvalue weighted by Crippen LogP contribution is 2.20. The summed E-state index contributed by atoms with van der Waals surface area (Å²) in [6.07, 6.45) is -1.08. The Balaban J connectivity index is 1.78. The maximum absolute atomic E-state index is 13.4. The molecule has 1 aliphatic rings. The summed E-state index contributed by atoms with van der Waals surface area (Å²) in [5.74, 6) is -4.46. The first-order valence-corrected chi connectivity index (χ1v) is 13.9. The molecular weight excluding hydrogens is 580 g/mol. The number of nitrogens with one attached hydrogen (secondary N) is 2. The van der Waals surface area contributed by atoms with Gasteiger partial charge >= 0.3 is 18.0 Å². The number of ether oxygens (including phenoxy) is 2. The number of carbonyl (C=O) groups is 6. The number of amides is 4. The molecule has 1 saturated heterocycles. The van der Waals surface area contributed by atoms with Gasteiger partial charge in [-0.05, 0) is 39.3 Å². The summed E-state index contributed by atoms with van der Waals surface area (Å²) in [4.78, 5) is 76.6. The van der Waals surface area contributed by atoms with Gasteiger partial charge in [-0.15, -0.1) is 0 Å². The van der Waals surface area contributed by atoms with E-state index in [0.29, 0.717) is 5.69 Å². The third kappa shape index (κ3) is 8.92. The Morgan fingerprint density at radius 2 is 1.64 bits per heavy atom. The molecule has 16 nitrogen and oxygen atoms in total. The summed E-state index contributed by atoms with van der Waals surface area (Å²) < 4.78 is 11.9. The van der Waals surface area contributed by atoms with Crippen molar-refractivity contribution in [2.75, 3.05) is 39.4 Å². The zero-order chi connectivity index (χ0) is 32.4. The molecule has 44 heavy (non-hydrogen) atoms. The van der Waals surface area contributed by atoms with Gasteiger partial charge in [0, 0.05) is 38.7 Å². The molecule has 0 saturated carbocycles. The Morgan fingerprint density at radius 1 is 1.00 bits per heavy atom. The Bertz CT molecular complexity index is 1370. The van der Waals surface area contributed by atoms with Crippen LogP contribution in [0.1, 0.15) is 44.1 Å². The lowest BCUT2D eigenvalue weighted by Crippen LogP contribution is -2.56. The molecule has 16 heteroatoms. The number of aromatic nitrogens is 2. The number of carbonyl (C=O) groups excluding carboxylic acids is 4. The zero-order valence-electron chi connectivity index (χ0n) is 24.6. The smallest absolute Gasteiger partial charge is 0.409 e. The van der Waals surface area contributed by atoms with Crippen molar-refractivity contribution >= 4 is 35.8 Å². The van der Waals surface area contributed by atoms with Gasteiger partial charge in [0.1, 0.15) is 11.6 Å². The third-order valence-electron chi connectivity index (χ3n) is 6.62. The van der Waals surface area contributed by atoms with Crippen molar-refractivity contribution in [3.8, 4) is 11.6 Å². The second-order valence-electron chi connectivity index (χ2n) is 10.4. The van der Waals surface area contributed by atoms with Crippen LogP contribution < -0.4 is 15.4 Å². The van der Waals surface area contributed by atoms with Crippen LogP contribution in [-0.2, 0) is 23.9 Å². The summed E-state index contributed by atoms with van der Waals surface area (Å²) in [5.41, 5.74) is -1.25. The minimum atomic E-state index is -1.55. The van der Waals surface area contributed by atoms with Crippen LogP contribution in [0, 0.1) is 0 Å². The van der Waals surface area contributed by atoms with E-state index in [-0.39, 0.29) is 50.8 Å². The van der Waals surface area contributed by atoms with Crippen LogP contribution >= 0.6 is 0 Å². The molecule has 3 rings (SSSR count). The number of carboxylic acids is 2. The molecule has 4 N–H and O–H groups in total. The van der Waals surface area contributed by atoms with Gasteiger partial charge in [0.15, 0.2) is 12.3 Å². The molecule has 2 aromatic rings. The van der Waals surface area contributed by atoms with E-state index in [1.807, 2.05) is 0 Å². The molecule has 0 spiro atoms. The average molecular weight is 617 g/mol. The second kappa shape index (κ2) is 14.8. The highest BCUT2D eigenvalue weighted by atomic mass is 16.6. The van der Waals surface area contributed by atoms with E-state index in [0.717, 1.165) is 0 Å². The molecule has 0 radical (unpaired) electrons. The van der Waals surface area contributed by atoms with E-state index in [1.54, 1.807) is 37.3 Å². The van der Waals surface area contributed by atoms with Gasteiger partial charge in [0.25, 0.3) is 11.8 Å². The predicted molar refractivity (Wildman–Crippen MR) is 152 cm³/mol. The van der Waals surface area contributed by atoms with Crippen LogP contribution in [0.5, 0.6) is 5.88 Å². The average Bonchev–Trinajstić information content (AvgIpc) is 3.42. The van der Waals surface area contributed by atoms with Crippen LogP contribution in [0.15, 0.2) is 36.4 Å². The van der Waals surface area contributed by atoms with Crippen LogP contribution in [0.25, 0.3) is 5.69 Å². The maximum atomic E-state index is 13.4. The lowest BCUT2D eigenvalue weighted by molar-refractivity contribution is -0.146. The Labute approximate surface area is 252 Å². The van der Waals surface area contributed by atoms with Gasteiger partial charge < -0.3 is 40.1 Å². The topological polar surface area (TPSA) is 210 Å². The number of hydrogen-bond acceptors (Lipinski definition) is 9. The summed E-state index contributed by atoms with van der Waals surface area (Å²) >= 11 is 0. The predicted octanol–water partition coefficient (Wildman–Crippen LogP) is 0.494. The van der Waals surface area contributed by atoms with Crippen molar-refractivity contribution in [3.05, 3.63) is 42.1 Å². The molecular formula is C28H36N6O10. The fourth-order valence-electron chi connectivity index (χ4n) is 4.21. The minimum absolute atomic E-state index is 0.0202. The maximum Gasteiger partial charge on any atom is 0.409 e. The Kier molecular flexibility index (Phi) is 11.2. The first-order chi connectivity index (χ1) is 20.8. The van der Waals surface area contributed by atoms with Crippen LogP contribution in [0.4, 0.5) is 4.79 Å². The molecule has 4 amide bonds. The lowest BCUT2D eigenvalue weighted by atomic mass is 10.1. The van der Waals surface area contributed by atoms with E-state index in [9.17, 15) is 39.0 Å². The number of piperazine rings is 1. The number of benzene rings is 1. The van der Waals surface area contributed by atoms with Crippen molar-refractivity contribution in [1.82, 2.24) is 30.2 Å². The largest absolute Gasteiger partial charge is 0.481 e. The monoisotopic (exact) mass is 616 g/mol. The van der Waals surface area contributed by atoms with Gasteiger partial charge in [-0.1, -0.05) is 18.2 Å². The third-order valence-corrected chi connectivity index (χ3v) is 6.62. The van der Waals surface area contributed by atoms with Gasteiger partial charge in [-0.25, -0.2) is 14.3 Å². The molecule has 0 aliphatic carbocycles. The molecule has 1 fully saturated rings. The van der Waals surface area contributed by atoms with E-state index in [4.69, 9.17) is 9.47 Å². The van der Waals surface area contributed by atoms with E-state index >= 15 is 0 Å². The summed E-state index contributed by atoms with van der Waals surface area (Å²) in [7, 11) is 0. The number of rotatable bonds is 13. The molecule has 238 valence electrons. The number of hydrogen-bond donors (Lipinski definition) is 4. The number of carboxylic acid groups (broad SMARTS) is 2. The first kappa shape index (κ1) is 33.4. The number of para-hydroxylation sites is 1. The highest BCUT2D eigenvalue weighted by Gasteiger charge is 2.32. The zero-order valence-corrected chi connectivity index (χ0v) is 24.6. The van der Waals surface area contributed by atoms with Crippen molar-refractivity contribution < 1.29 is 48.5 Å². The van der Waals surface area contributed by atoms with Gasteiger partial charge in [-0.2, -0.15) is 5.10 Å².